The van der Waals surface area contributed by atoms with E-state index in [2.05, 4.69) is 68.2 Å². The Morgan fingerprint density at radius 2 is 1.82 bits per heavy atom. The van der Waals surface area contributed by atoms with Gasteiger partial charge in [-0.25, -0.2) is 0 Å². The van der Waals surface area contributed by atoms with E-state index in [4.69, 9.17) is 0 Å². The highest BCUT2D eigenvalue weighted by molar-refractivity contribution is 5.92. The average Bonchev–Trinajstić information content (AvgIpc) is 2.70. The number of quaternary nitrogens is 1. The van der Waals surface area contributed by atoms with Crippen LogP contribution in [-0.4, -0.2) is 38.6 Å². The van der Waals surface area contributed by atoms with Crippen LogP contribution >= 0.6 is 0 Å². The molecule has 2 aromatic carbocycles. The van der Waals surface area contributed by atoms with Crippen molar-refractivity contribution in [2.75, 3.05) is 42.9 Å². The molecule has 0 bridgehead atoms. The molecular weight excluding hydrogens is 346 g/mol. The van der Waals surface area contributed by atoms with Crippen LogP contribution in [0.15, 0.2) is 42.5 Å². The molecule has 2 N–H and O–H groups in total. The molecule has 2 aromatic rings. The SMILES string of the molecule is CC[C@@H](C)c1ccccc1NC(=O)C[NH+]1CCN(c2cccc(C)c2C)CC1. The molecule has 28 heavy (non-hydrogen) atoms. The Bertz CT molecular complexity index is 809. The van der Waals surface area contributed by atoms with Gasteiger partial charge in [-0.2, -0.15) is 0 Å². The van der Waals surface area contributed by atoms with Gasteiger partial charge in [0.2, 0.25) is 0 Å². The molecule has 0 spiro atoms. The van der Waals surface area contributed by atoms with Gasteiger partial charge in [0.25, 0.3) is 5.91 Å². The minimum atomic E-state index is 0.117. The number of benzene rings is 2. The van der Waals surface area contributed by atoms with Crippen LogP contribution in [0, 0.1) is 13.8 Å². The van der Waals surface area contributed by atoms with E-state index >= 15 is 0 Å². The summed E-state index contributed by atoms with van der Waals surface area (Å²) in [5, 5.41) is 3.16. The Morgan fingerprint density at radius 3 is 2.54 bits per heavy atom. The van der Waals surface area contributed by atoms with Gasteiger partial charge in [-0.3, -0.25) is 4.79 Å². The van der Waals surface area contributed by atoms with Gasteiger partial charge < -0.3 is 15.1 Å². The number of nitrogens with zero attached hydrogens (tertiary/aromatic N) is 1. The van der Waals surface area contributed by atoms with Gasteiger partial charge in [-0.1, -0.05) is 44.2 Å². The molecule has 1 heterocycles. The molecule has 0 unspecified atom stereocenters. The molecule has 1 atom stereocenters. The third-order valence-electron chi connectivity index (χ3n) is 6.18. The summed E-state index contributed by atoms with van der Waals surface area (Å²) in [6.45, 7) is 13.3. The second kappa shape index (κ2) is 9.24. The third-order valence-corrected chi connectivity index (χ3v) is 6.18. The fraction of sp³-hybridized carbons (Fsp3) is 0.458. The lowest BCUT2D eigenvalue weighted by atomic mass is 9.97. The van der Waals surface area contributed by atoms with Crippen LogP contribution in [0.25, 0.3) is 0 Å². The normalized spacial score (nSPS) is 16.1. The van der Waals surface area contributed by atoms with E-state index in [1.165, 1.54) is 27.3 Å². The van der Waals surface area contributed by atoms with Gasteiger partial charge in [0.05, 0.1) is 26.2 Å². The summed E-state index contributed by atoms with van der Waals surface area (Å²) in [5.41, 5.74) is 6.24. The molecule has 1 saturated heterocycles. The molecule has 3 rings (SSSR count). The monoisotopic (exact) mass is 380 g/mol. The number of anilines is 2. The molecule has 150 valence electrons. The van der Waals surface area contributed by atoms with Crippen molar-refractivity contribution in [3.8, 4) is 0 Å². The molecule has 1 aliphatic heterocycles. The number of carbonyl (C=O) groups is 1. The highest BCUT2D eigenvalue weighted by Gasteiger charge is 2.23. The van der Waals surface area contributed by atoms with Crippen LogP contribution < -0.4 is 15.1 Å². The Labute approximate surface area is 169 Å². The summed E-state index contributed by atoms with van der Waals surface area (Å²) in [4.78, 5) is 16.5. The second-order valence-electron chi connectivity index (χ2n) is 8.08. The van der Waals surface area contributed by atoms with Crippen LogP contribution in [0.4, 0.5) is 11.4 Å². The summed E-state index contributed by atoms with van der Waals surface area (Å²) in [6, 6.07) is 14.7. The number of amides is 1. The standard InChI is InChI=1S/C24H33N3O/c1-5-18(2)21-10-6-7-11-22(21)25-24(28)17-26-13-15-27(16-14-26)23-12-8-9-19(3)20(23)4/h6-12,18H,5,13-17H2,1-4H3,(H,25,28)/p+1/t18-/m1/s1. The maximum Gasteiger partial charge on any atom is 0.279 e. The van der Waals surface area contributed by atoms with Crippen molar-refractivity contribution in [2.45, 2.75) is 40.0 Å². The largest absolute Gasteiger partial charge is 0.360 e. The van der Waals surface area contributed by atoms with E-state index in [1.807, 2.05) is 12.1 Å². The van der Waals surface area contributed by atoms with Crippen molar-refractivity contribution < 1.29 is 9.69 Å². The lowest BCUT2D eigenvalue weighted by Crippen LogP contribution is -3.15. The molecule has 1 fully saturated rings. The van der Waals surface area contributed by atoms with Crippen molar-refractivity contribution in [3.63, 3.8) is 0 Å². The third kappa shape index (κ3) is 4.74. The number of hydrogen-bond donors (Lipinski definition) is 2. The highest BCUT2D eigenvalue weighted by atomic mass is 16.2. The van der Waals surface area contributed by atoms with Crippen molar-refractivity contribution in [3.05, 3.63) is 59.2 Å². The van der Waals surface area contributed by atoms with Gasteiger partial charge in [0.15, 0.2) is 6.54 Å². The van der Waals surface area contributed by atoms with Crippen LogP contribution in [0.5, 0.6) is 0 Å². The first-order chi connectivity index (χ1) is 13.5. The smallest absolute Gasteiger partial charge is 0.279 e. The Balaban J connectivity index is 1.55. The maximum absolute atomic E-state index is 12.6. The quantitative estimate of drug-likeness (QED) is 0.808. The fourth-order valence-electron chi connectivity index (χ4n) is 4.00. The number of carbonyl (C=O) groups excluding carboxylic acids is 1. The van der Waals surface area contributed by atoms with Gasteiger partial charge in [-0.15, -0.1) is 0 Å². The maximum atomic E-state index is 12.6. The van der Waals surface area contributed by atoms with E-state index in [9.17, 15) is 4.79 Å². The van der Waals surface area contributed by atoms with E-state index in [1.54, 1.807) is 0 Å². The predicted molar refractivity (Wildman–Crippen MR) is 117 cm³/mol. The van der Waals surface area contributed by atoms with E-state index < -0.39 is 0 Å². The number of aryl methyl sites for hydroxylation is 1. The molecule has 0 radical (unpaired) electrons. The molecule has 0 saturated carbocycles. The van der Waals surface area contributed by atoms with E-state index in [-0.39, 0.29) is 5.91 Å². The summed E-state index contributed by atoms with van der Waals surface area (Å²) < 4.78 is 0. The van der Waals surface area contributed by atoms with Gasteiger partial charge in [0, 0.05) is 11.4 Å². The summed E-state index contributed by atoms with van der Waals surface area (Å²) in [7, 11) is 0. The van der Waals surface area contributed by atoms with E-state index in [0.29, 0.717) is 12.5 Å². The Morgan fingerprint density at radius 1 is 1.11 bits per heavy atom. The molecule has 4 heteroatoms. The lowest BCUT2D eigenvalue weighted by Gasteiger charge is -2.34. The van der Waals surface area contributed by atoms with Gasteiger partial charge >= 0.3 is 0 Å². The first-order valence-electron chi connectivity index (χ1n) is 10.5. The summed E-state index contributed by atoms with van der Waals surface area (Å²) in [5.74, 6) is 0.566. The van der Waals surface area contributed by atoms with Crippen molar-refractivity contribution >= 4 is 17.3 Å². The molecule has 4 nitrogen and oxygen atoms in total. The number of piperazine rings is 1. The predicted octanol–water partition coefficient (Wildman–Crippen LogP) is 3.16. The zero-order valence-corrected chi connectivity index (χ0v) is 17.7. The number of para-hydroxylation sites is 1. The summed E-state index contributed by atoms with van der Waals surface area (Å²) in [6.07, 6.45) is 1.07. The number of nitrogens with one attached hydrogen (secondary N) is 2. The second-order valence-corrected chi connectivity index (χ2v) is 8.08. The van der Waals surface area contributed by atoms with Gasteiger partial charge in [-0.05, 0) is 55.0 Å². The lowest BCUT2D eigenvalue weighted by molar-refractivity contribution is -0.892. The van der Waals surface area contributed by atoms with Crippen LogP contribution in [-0.2, 0) is 4.79 Å². The zero-order valence-electron chi connectivity index (χ0n) is 17.7. The summed E-state index contributed by atoms with van der Waals surface area (Å²) >= 11 is 0. The van der Waals surface area contributed by atoms with Crippen LogP contribution in [0.2, 0.25) is 0 Å². The topological polar surface area (TPSA) is 36.8 Å². The fourth-order valence-corrected chi connectivity index (χ4v) is 4.00. The van der Waals surface area contributed by atoms with Crippen molar-refractivity contribution in [1.82, 2.24) is 0 Å². The minimum Gasteiger partial charge on any atom is -0.360 e. The minimum absolute atomic E-state index is 0.117. The Kier molecular flexibility index (Phi) is 6.74. The van der Waals surface area contributed by atoms with Crippen LogP contribution in [0.3, 0.4) is 0 Å². The van der Waals surface area contributed by atoms with Gasteiger partial charge in [0.1, 0.15) is 0 Å². The zero-order chi connectivity index (χ0) is 20.1. The molecular formula is C24H34N3O+. The molecule has 1 aliphatic rings. The van der Waals surface area contributed by atoms with Crippen molar-refractivity contribution in [2.24, 2.45) is 0 Å². The van der Waals surface area contributed by atoms with E-state index in [0.717, 1.165) is 38.3 Å². The van der Waals surface area contributed by atoms with Crippen LogP contribution in [0.1, 0.15) is 42.9 Å². The first kappa shape index (κ1) is 20.4. The Hall–Kier alpha value is -2.33. The molecule has 0 aromatic heterocycles. The first-order valence-corrected chi connectivity index (χ1v) is 10.5. The highest BCUT2D eigenvalue weighted by Crippen LogP contribution is 2.26. The molecule has 1 amide bonds. The van der Waals surface area contributed by atoms with Crippen molar-refractivity contribution in [1.29, 1.82) is 0 Å². The number of hydrogen-bond acceptors (Lipinski definition) is 2. The number of rotatable bonds is 6. The molecule has 0 aliphatic carbocycles. The average molecular weight is 381 g/mol.